The fourth-order valence-electron chi connectivity index (χ4n) is 1.76. The zero-order valence-electron chi connectivity index (χ0n) is 8.13. The van der Waals surface area contributed by atoms with Gasteiger partial charge in [0.05, 0.1) is 6.04 Å². The third kappa shape index (κ3) is 1.97. The largest absolute Gasteiger partial charge is 0.344 e. The van der Waals surface area contributed by atoms with E-state index in [9.17, 15) is 4.79 Å². The van der Waals surface area contributed by atoms with Gasteiger partial charge in [-0.3, -0.25) is 4.79 Å². The van der Waals surface area contributed by atoms with Crippen LogP contribution in [0.2, 0.25) is 0 Å². The summed E-state index contributed by atoms with van der Waals surface area (Å²) < 4.78 is 0. The van der Waals surface area contributed by atoms with E-state index in [2.05, 4.69) is 12.2 Å². The Balaban J connectivity index is 2.63. The van der Waals surface area contributed by atoms with Crippen LogP contribution >= 0.6 is 0 Å². The van der Waals surface area contributed by atoms with E-state index in [1.54, 1.807) is 0 Å². The van der Waals surface area contributed by atoms with E-state index in [4.69, 9.17) is 0 Å². The summed E-state index contributed by atoms with van der Waals surface area (Å²) in [5.74, 6) is 0.874. The summed E-state index contributed by atoms with van der Waals surface area (Å²) >= 11 is 0. The molecule has 0 aromatic heterocycles. The number of carbonyl (C=O) groups excluding carboxylic acids is 1. The maximum Gasteiger partial charge on any atom is 0.239 e. The molecule has 2 atom stereocenters. The summed E-state index contributed by atoms with van der Waals surface area (Å²) in [5.41, 5.74) is 0. The van der Waals surface area contributed by atoms with E-state index < -0.39 is 0 Å². The standard InChI is InChI=1S/C9H18N2O/c1-7-4-5-8(10-2)9(12)11(3)6-7/h7-8,10H,4-6H2,1-3H3. The van der Waals surface area contributed by atoms with Crippen LogP contribution < -0.4 is 5.32 Å². The van der Waals surface area contributed by atoms with Crippen molar-refractivity contribution in [2.24, 2.45) is 5.92 Å². The zero-order valence-corrected chi connectivity index (χ0v) is 8.13. The number of hydrogen-bond acceptors (Lipinski definition) is 2. The molecule has 1 N–H and O–H groups in total. The lowest BCUT2D eigenvalue weighted by Gasteiger charge is -2.19. The van der Waals surface area contributed by atoms with Crippen LogP contribution in [0.15, 0.2) is 0 Å². The zero-order chi connectivity index (χ0) is 9.14. The van der Waals surface area contributed by atoms with Gasteiger partial charge in [0.25, 0.3) is 0 Å². The topological polar surface area (TPSA) is 32.3 Å². The van der Waals surface area contributed by atoms with Crippen LogP contribution in [0, 0.1) is 5.92 Å². The van der Waals surface area contributed by atoms with Crippen LogP contribution in [-0.2, 0) is 4.79 Å². The van der Waals surface area contributed by atoms with E-state index in [0.717, 1.165) is 19.4 Å². The van der Waals surface area contributed by atoms with E-state index in [1.165, 1.54) is 0 Å². The molecule has 1 aliphatic heterocycles. The van der Waals surface area contributed by atoms with Crippen LogP contribution in [-0.4, -0.2) is 37.5 Å². The molecule has 70 valence electrons. The van der Waals surface area contributed by atoms with Crippen LogP contribution in [0.4, 0.5) is 0 Å². The van der Waals surface area contributed by atoms with E-state index in [0.29, 0.717) is 5.92 Å². The molecule has 1 heterocycles. The van der Waals surface area contributed by atoms with Gasteiger partial charge < -0.3 is 10.2 Å². The normalized spacial score (nSPS) is 31.9. The molecule has 3 nitrogen and oxygen atoms in total. The molecular weight excluding hydrogens is 152 g/mol. The van der Waals surface area contributed by atoms with Gasteiger partial charge in [0, 0.05) is 13.6 Å². The highest BCUT2D eigenvalue weighted by Gasteiger charge is 2.25. The first-order chi connectivity index (χ1) is 5.65. The first-order valence-electron chi connectivity index (χ1n) is 4.57. The van der Waals surface area contributed by atoms with Crippen molar-refractivity contribution in [1.82, 2.24) is 10.2 Å². The molecule has 12 heavy (non-hydrogen) atoms. The molecule has 2 unspecified atom stereocenters. The van der Waals surface area contributed by atoms with Crippen molar-refractivity contribution in [3.63, 3.8) is 0 Å². The molecule has 1 fully saturated rings. The van der Waals surface area contributed by atoms with Crippen LogP contribution in [0.1, 0.15) is 19.8 Å². The third-order valence-corrected chi connectivity index (χ3v) is 2.56. The maximum atomic E-state index is 11.6. The second kappa shape index (κ2) is 3.90. The minimum absolute atomic E-state index is 0.0416. The fraction of sp³-hybridized carbons (Fsp3) is 0.889. The highest BCUT2D eigenvalue weighted by atomic mass is 16.2. The molecule has 1 rings (SSSR count). The molecule has 1 amide bonds. The Bertz CT molecular complexity index is 170. The van der Waals surface area contributed by atoms with Crippen molar-refractivity contribution in [3.05, 3.63) is 0 Å². The van der Waals surface area contributed by atoms with Gasteiger partial charge in [-0.15, -0.1) is 0 Å². The molecule has 0 spiro atoms. The monoisotopic (exact) mass is 170 g/mol. The second-order valence-electron chi connectivity index (χ2n) is 3.74. The lowest BCUT2D eigenvalue weighted by molar-refractivity contribution is -0.131. The summed E-state index contributed by atoms with van der Waals surface area (Å²) in [5, 5.41) is 3.05. The van der Waals surface area contributed by atoms with E-state index >= 15 is 0 Å². The molecule has 3 heteroatoms. The highest BCUT2D eigenvalue weighted by Crippen LogP contribution is 2.15. The minimum Gasteiger partial charge on any atom is -0.344 e. The molecule has 0 aromatic rings. The van der Waals surface area contributed by atoms with E-state index in [-0.39, 0.29) is 11.9 Å². The van der Waals surface area contributed by atoms with Gasteiger partial charge in [-0.2, -0.15) is 0 Å². The SMILES string of the molecule is CNC1CCC(C)CN(C)C1=O. The average molecular weight is 170 g/mol. The number of rotatable bonds is 1. The summed E-state index contributed by atoms with van der Waals surface area (Å²) in [7, 11) is 3.74. The average Bonchev–Trinajstić information content (AvgIpc) is 2.14. The molecule has 0 bridgehead atoms. The van der Waals surface area contributed by atoms with Crippen molar-refractivity contribution < 1.29 is 4.79 Å². The molecular formula is C9H18N2O. The maximum absolute atomic E-state index is 11.6. The van der Waals surface area contributed by atoms with Gasteiger partial charge in [0.1, 0.15) is 0 Å². The van der Waals surface area contributed by atoms with Gasteiger partial charge >= 0.3 is 0 Å². The molecule has 1 aliphatic rings. The Morgan fingerprint density at radius 2 is 2.17 bits per heavy atom. The quantitative estimate of drug-likeness (QED) is 0.620. The summed E-state index contributed by atoms with van der Waals surface area (Å²) in [4.78, 5) is 13.4. The van der Waals surface area contributed by atoms with Crippen molar-refractivity contribution in [1.29, 1.82) is 0 Å². The highest BCUT2D eigenvalue weighted by molar-refractivity contribution is 5.81. The van der Waals surface area contributed by atoms with Crippen molar-refractivity contribution in [2.75, 3.05) is 20.6 Å². The molecule has 0 saturated carbocycles. The third-order valence-electron chi connectivity index (χ3n) is 2.56. The predicted molar refractivity (Wildman–Crippen MR) is 48.9 cm³/mol. The Hall–Kier alpha value is -0.570. The number of nitrogens with zero attached hydrogens (tertiary/aromatic N) is 1. The number of likely N-dealkylation sites (N-methyl/N-ethyl adjacent to an activating group) is 2. The van der Waals surface area contributed by atoms with Crippen LogP contribution in [0.5, 0.6) is 0 Å². The minimum atomic E-state index is 0.0416. The molecule has 0 aliphatic carbocycles. The van der Waals surface area contributed by atoms with Crippen LogP contribution in [0.3, 0.4) is 0 Å². The number of carbonyl (C=O) groups is 1. The van der Waals surface area contributed by atoms with Gasteiger partial charge in [0.2, 0.25) is 5.91 Å². The van der Waals surface area contributed by atoms with Gasteiger partial charge in [-0.1, -0.05) is 6.92 Å². The number of likely N-dealkylation sites (tertiary alicyclic amines) is 1. The molecule has 0 radical (unpaired) electrons. The number of nitrogens with one attached hydrogen (secondary N) is 1. The summed E-state index contributed by atoms with van der Waals surface area (Å²) in [6.07, 6.45) is 2.11. The van der Waals surface area contributed by atoms with Crippen molar-refractivity contribution in [2.45, 2.75) is 25.8 Å². The molecule has 0 aromatic carbocycles. The Labute approximate surface area is 74.1 Å². The Morgan fingerprint density at radius 1 is 1.50 bits per heavy atom. The van der Waals surface area contributed by atoms with Crippen molar-refractivity contribution >= 4 is 5.91 Å². The van der Waals surface area contributed by atoms with Crippen molar-refractivity contribution in [3.8, 4) is 0 Å². The first kappa shape index (κ1) is 9.52. The summed E-state index contributed by atoms with van der Waals surface area (Å²) in [6.45, 7) is 3.10. The number of hydrogen-bond donors (Lipinski definition) is 1. The van der Waals surface area contributed by atoms with Gasteiger partial charge in [-0.25, -0.2) is 0 Å². The lowest BCUT2D eigenvalue weighted by atomic mass is 10.0. The van der Waals surface area contributed by atoms with E-state index in [1.807, 2.05) is 19.0 Å². The first-order valence-corrected chi connectivity index (χ1v) is 4.57. The van der Waals surface area contributed by atoms with Gasteiger partial charge in [-0.05, 0) is 25.8 Å². The smallest absolute Gasteiger partial charge is 0.239 e. The molecule has 1 saturated heterocycles. The number of amides is 1. The predicted octanol–water partition coefficient (Wildman–Crippen LogP) is 0.463. The van der Waals surface area contributed by atoms with Crippen LogP contribution in [0.25, 0.3) is 0 Å². The second-order valence-corrected chi connectivity index (χ2v) is 3.74. The van der Waals surface area contributed by atoms with Gasteiger partial charge in [0.15, 0.2) is 0 Å². The summed E-state index contributed by atoms with van der Waals surface area (Å²) in [6, 6.07) is 0.0416. The Morgan fingerprint density at radius 3 is 2.75 bits per heavy atom. The lowest BCUT2D eigenvalue weighted by Crippen LogP contribution is -2.42. The Kier molecular flexibility index (Phi) is 3.09. The fourth-order valence-corrected chi connectivity index (χ4v) is 1.76.